The number of carbonyl (C=O) groups is 1. The lowest BCUT2D eigenvalue weighted by atomic mass is 9.58. The summed E-state index contributed by atoms with van der Waals surface area (Å²) in [5.41, 5.74) is -1.77. The summed E-state index contributed by atoms with van der Waals surface area (Å²) in [6.07, 6.45) is 2.74. The number of carbonyl (C=O) groups excluding carboxylic acids is 1. The number of esters is 1. The molecule has 2 atom stereocenters. The number of aliphatic hydroxyl groups is 1. The second kappa shape index (κ2) is 5.63. The average molecular weight is 356 g/mol. The van der Waals surface area contributed by atoms with E-state index < -0.39 is 39.0 Å². The minimum absolute atomic E-state index is 0.0946. The molecule has 2 rings (SSSR count). The van der Waals surface area contributed by atoms with Gasteiger partial charge < -0.3 is 9.84 Å². The molecule has 2 unspecified atom stereocenters. The van der Waals surface area contributed by atoms with Crippen LogP contribution < -0.4 is 0 Å². The zero-order valence-electron chi connectivity index (χ0n) is 13.1. The number of fused-ring (bicyclic) bond motifs is 2. The van der Waals surface area contributed by atoms with Gasteiger partial charge in [-0.3, -0.25) is 9.35 Å². The van der Waals surface area contributed by atoms with Crippen LogP contribution in [0.4, 0.5) is 8.78 Å². The van der Waals surface area contributed by atoms with Gasteiger partial charge in [0.2, 0.25) is 0 Å². The molecular weight excluding hydrogens is 334 g/mol. The van der Waals surface area contributed by atoms with E-state index >= 15 is 0 Å². The highest BCUT2D eigenvalue weighted by Crippen LogP contribution is 2.51. The highest BCUT2D eigenvalue weighted by atomic mass is 32.2. The summed E-state index contributed by atoms with van der Waals surface area (Å²) in [6.45, 7) is 1.66. The highest BCUT2D eigenvalue weighted by Gasteiger charge is 2.51. The number of alkyl halides is 2. The molecular formula is C14H22F2O6S. The first-order valence-electron chi connectivity index (χ1n) is 7.49. The van der Waals surface area contributed by atoms with E-state index in [1.54, 1.807) is 13.8 Å². The molecule has 2 bridgehead atoms. The predicted molar refractivity (Wildman–Crippen MR) is 76.3 cm³/mol. The molecule has 9 heteroatoms. The Morgan fingerprint density at radius 1 is 1.22 bits per heavy atom. The molecule has 23 heavy (non-hydrogen) atoms. The first kappa shape index (κ1) is 18.5. The van der Waals surface area contributed by atoms with E-state index in [1.165, 1.54) is 0 Å². The minimum Gasteiger partial charge on any atom is -0.458 e. The van der Waals surface area contributed by atoms with Crippen molar-refractivity contribution in [2.45, 2.75) is 56.8 Å². The molecule has 0 aromatic heterocycles. The number of rotatable bonds is 4. The Morgan fingerprint density at radius 3 is 2.13 bits per heavy atom. The average Bonchev–Trinajstić information content (AvgIpc) is 2.31. The van der Waals surface area contributed by atoms with Gasteiger partial charge in [-0.2, -0.15) is 17.2 Å². The summed E-state index contributed by atoms with van der Waals surface area (Å²) in [7, 11) is -5.62. The van der Waals surface area contributed by atoms with Gasteiger partial charge in [-0.15, -0.1) is 0 Å². The van der Waals surface area contributed by atoms with Crippen molar-refractivity contribution in [2.24, 2.45) is 17.3 Å². The fraction of sp³-hybridized carbons (Fsp3) is 0.929. The van der Waals surface area contributed by atoms with E-state index in [-0.39, 0.29) is 11.8 Å². The van der Waals surface area contributed by atoms with E-state index in [0.29, 0.717) is 25.7 Å². The Labute approximate surface area is 134 Å². The van der Waals surface area contributed by atoms with E-state index in [1.807, 2.05) is 0 Å². The molecule has 0 amide bonds. The summed E-state index contributed by atoms with van der Waals surface area (Å²) in [5.74, 6) is -0.702. The molecule has 0 saturated heterocycles. The van der Waals surface area contributed by atoms with Crippen LogP contribution >= 0.6 is 0 Å². The molecule has 0 aromatic rings. The van der Waals surface area contributed by atoms with Gasteiger partial charge in [0, 0.05) is 0 Å². The van der Waals surface area contributed by atoms with Crippen molar-refractivity contribution in [1.29, 1.82) is 0 Å². The summed E-state index contributed by atoms with van der Waals surface area (Å²) in [6, 6.07) is 0. The molecule has 0 aliphatic heterocycles. The van der Waals surface area contributed by atoms with E-state index in [4.69, 9.17) is 4.55 Å². The van der Waals surface area contributed by atoms with Crippen molar-refractivity contribution in [3.05, 3.63) is 0 Å². The zero-order valence-corrected chi connectivity index (χ0v) is 13.9. The van der Waals surface area contributed by atoms with Crippen LogP contribution in [-0.4, -0.2) is 41.5 Å². The van der Waals surface area contributed by atoms with Crippen molar-refractivity contribution in [1.82, 2.24) is 0 Å². The van der Waals surface area contributed by atoms with Gasteiger partial charge >= 0.3 is 21.3 Å². The van der Waals surface area contributed by atoms with Crippen LogP contribution in [0, 0.1) is 17.3 Å². The molecule has 0 spiro atoms. The Hall–Kier alpha value is -0.800. The molecule has 0 heterocycles. The molecule has 2 fully saturated rings. The number of halogens is 2. The van der Waals surface area contributed by atoms with Crippen molar-refractivity contribution < 1.29 is 36.4 Å². The Bertz CT molecular complexity index is 570. The Morgan fingerprint density at radius 2 is 1.70 bits per heavy atom. The van der Waals surface area contributed by atoms with E-state index in [2.05, 4.69) is 4.74 Å². The maximum atomic E-state index is 13.2. The topological polar surface area (TPSA) is 101 Å². The molecule has 0 radical (unpaired) electrons. The summed E-state index contributed by atoms with van der Waals surface area (Å²) < 4.78 is 60.3. The van der Waals surface area contributed by atoms with Crippen molar-refractivity contribution in [2.75, 3.05) is 6.61 Å². The predicted octanol–water partition coefficient (Wildman–Crippen LogP) is 1.98. The Kier molecular flexibility index (Phi) is 4.54. The molecule has 134 valence electrons. The molecule has 2 saturated carbocycles. The van der Waals surface area contributed by atoms with Crippen LogP contribution in [0.15, 0.2) is 0 Å². The standard InChI is InChI=1S/C14H22F2O6S/c1-12(11(17)22-8-14(15,16)23(19,20)21)4-9-3-10(5-12)7-13(2,18)6-9/h9-10,18H,3-8H2,1-2H3,(H,19,20,21). The number of ether oxygens (including phenoxy) is 1. The smallest absolute Gasteiger partial charge is 0.402 e. The van der Waals surface area contributed by atoms with Gasteiger partial charge in [0.25, 0.3) is 0 Å². The number of hydrogen-bond acceptors (Lipinski definition) is 5. The normalized spacial score (nSPS) is 38.2. The van der Waals surface area contributed by atoms with Crippen LogP contribution in [0.25, 0.3) is 0 Å². The largest absolute Gasteiger partial charge is 0.458 e. The third-order valence-corrected chi connectivity index (χ3v) is 5.72. The summed E-state index contributed by atoms with van der Waals surface area (Å²) >= 11 is 0. The fourth-order valence-electron chi connectivity index (χ4n) is 4.20. The third kappa shape index (κ3) is 4.00. The van der Waals surface area contributed by atoms with Gasteiger partial charge in [0.05, 0.1) is 11.0 Å². The zero-order chi connectivity index (χ0) is 17.7. The molecule has 2 aliphatic rings. The summed E-state index contributed by atoms with van der Waals surface area (Å²) in [5, 5.41) is 5.66. The molecule has 6 nitrogen and oxygen atoms in total. The SMILES string of the molecule is CC1(O)CC2CC(C1)CC(C)(C(=O)OCC(F)(F)S(=O)(=O)O)C2. The third-order valence-electron chi connectivity index (χ3n) is 4.84. The van der Waals surface area contributed by atoms with Gasteiger partial charge in [0.1, 0.15) is 0 Å². The first-order valence-corrected chi connectivity index (χ1v) is 8.93. The second-order valence-electron chi connectivity index (χ2n) is 7.53. The molecule has 2 aliphatic carbocycles. The lowest BCUT2D eigenvalue weighted by molar-refractivity contribution is -0.168. The minimum atomic E-state index is -5.62. The van der Waals surface area contributed by atoms with Crippen LogP contribution in [0.5, 0.6) is 0 Å². The van der Waals surface area contributed by atoms with E-state index in [0.717, 1.165) is 6.42 Å². The van der Waals surface area contributed by atoms with Gasteiger partial charge in [-0.05, 0) is 57.8 Å². The quantitative estimate of drug-likeness (QED) is 0.590. The van der Waals surface area contributed by atoms with Crippen LogP contribution in [0.2, 0.25) is 0 Å². The molecule has 0 aromatic carbocycles. The van der Waals surface area contributed by atoms with Crippen molar-refractivity contribution in [3.63, 3.8) is 0 Å². The van der Waals surface area contributed by atoms with E-state index in [9.17, 15) is 27.1 Å². The van der Waals surface area contributed by atoms with Gasteiger partial charge in [-0.1, -0.05) is 0 Å². The van der Waals surface area contributed by atoms with Crippen LogP contribution in [0.1, 0.15) is 46.0 Å². The Balaban J connectivity index is 2.03. The molecule has 2 N–H and O–H groups in total. The van der Waals surface area contributed by atoms with Gasteiger partial charge in [0.15, 0.2) is 6.61 Å². The first-order chi connectivity index (χ1) is 10.2. The lowest BCUT2D eigenvalue weighted by Crippen LogP contribution is -2.47. The van der Waals surface area contributed by atoms with Gasteiger partial charge in [-0.25, -0.2) is 0 Å². The van der Waals surface area contributed by atoms with Crippen LogP contribution in [0.3, 0.4) is 0 Å². The maximum absolute atomic E-state index is 13.2. The van der Waals surface area contributed by atoms with Crippen LogP contribution in [-0.2, 0) is 19.6 Å². The maximum Gasteiger partial charge on any atom is 0.402 e. The lowest BCUT2D eigenvalue weighted by Gasteiger charge is -2.48. The summed E-state index contributed by atoms with van der Waals surface area (Å²) in [4.78, 5) is 12.2. The fourth-order valence-corrected chi connectivity index (χ4v) is 4.41. The van der Waals surface area contributed by atoms with Crippen molar-refractivity contribution >= 4 is 16.1 Å². The second-order valence-corrected chi connectivity index (χ2v) is 9.08. The number of hydrogen-bond donors (Lipinski definition) is 2. The highest BCUT2D eigenvalue weighted by molar-refractivity contribution is 7.86. The van der Waals surface area contributed by atoms with Crippen molar-refractivity contribution in [3.8, 4) is 0 Å². The monoisotopic (exact) mass is 356 g/mol.